The van der Waals surface area contributed by atoms with E-state index >= 15 is 0 Å². The third-order valence-corrected chi connectivity index (χ3v) is 5.05. The molecule has 0 radical (unpaired) electrons. The number of carbonyl (C=O) groups is 3. The van der Waals surface area contributed by atoms with Crippen LogP contribution in [0.15, 0.2) is 53.7 Å². The summed E-state index contributed by atoms with van der Waals surface area (Å²) in [6.07, 6.45) is 0. The number of aromatic nitrogens is 3. The van der Waals surface area contributed by atoms with Gasteiger partial charge in [-0.05, 0) is 43.3 Å². The SMILES string of the molecule is COC(=O)c1cccc(NC(=O)CSc2nnc(C)n2-c2cccc(NC(C)=O)c2)c1. The maximum absolute atomic E-state index is 12.4. The molecule has 3 aromatic rings. The molecule has 0 bridgehead atoms. The van der Waals surface area contributed by atoms with E-state index in [0.29, 0.717) is 27.9 Å². The van der Waals surface area contributed by atoms with Crippen LogP contribution >= 0.6 is 11.8 Å². The fraction of sp³-hybridized carbons (Fsp3) is 0.190. The first-order valence-electron chi connectivity index (χ1n) is 9.28. The summed E-state index contributed by atoms with van der Waals surface area (Å²) in [6, 6.07) is 13.8. The number of hydrogen-bond donors (Lipinski definition) is 2. The van der Waals surface area contributed by atoms with Gasteiger partial charge in [-0.3, -0.25) is 14.2 Å². The van der Waals surface area contributed by atoms with Crippen LogP contribution in [-0.2, 0) is 14.3 Å². The molecule has 2 N–H and O–H groups in total. The van der Waals surface area contributed by atoms with Crippen molar-refractivity contribution in [1.82, 2.24) is 14.8 Å². The Hall–Kier alpha value is -3.66. The van der Waals surface area contributed by atoms with Crippen molar-refractivity contribution in [3.63, 3.8) is 0 Å². The van der Waals surface area contributed by atoms with Crippen LogP contribution in [0.4, 0.5) is 11.4 Å². The van der Waals surface area contributed by atoms with Crippen molar-refractivity contribution in [3.8, 4) is 5.69 Å². The van der Waals surface area contributed by atoms with Gasteiger partial charge in [0.2, 0.25) is 11.8 Å². The molecule has 0 spiro atoms. The lowest BCUT2D eigenvalue weighted by atomic mass is 10.2. The number of ether oxygens (including phenoxy) is 1. The molecule has 1 heterocycles. The van der Waals surface area contributed by atoms with E-state index in [0.717, 1.165) is 5.69 Å². The molecule has 0 atom stereocenters. The standard InChI is InChI=1S/C21H21N5O4S/c1-13-24-25-21(26(13)18-9-5-8-17(11-18)22-14(2)27)31-12-19(28)23-16-7-4-6-15(10-16)20(29)30-3/h4-11H,12H2,1-3H3,(H,22,27)(H,23,28). The van der Waals surface area contributed by atoms with Gasteiger partial charge in [0.25, 0.3) is 0 Å². The average Bonchev–Trinajstić information content (AvgIpc) is 3.12. The molecular formula is C21H21N5O4S. The number of amides is 2. The normalized spacial score (nSPS) is 10.4. The van der Waals surface area contributed by atoms with Crippen LogP contribution in [0.2, 0.25) is 0 Å². The molecule has 0 fully saturated rings. The zero-order valence-electron chi connectivity index (χ0n) is 17.2. The van der Waals surface area contributed by atoms with Crippen molar-refractivity contribution in [2.45, 2.75) is 19.0 Å². The van der Waals surface area contributed by atoms with Crippen molar-refractivity contribution >= 4 is 40.9 Å². The van der Waals surface area contributed by atoms with Crippen LogP contribution in [0.5, 0.6) is 0 Å². The van der Waals surface area contributed by atoms with Crippen LogP contribution in [0.1, 0.15) is 23.1 Å². The van der Waals surface area contributed by atoms with E-state index in [2.05, 4.69) is 20.8 Å². The second kappa shape index (κ2) is 9.90. The number of carbonyl (C=O) groups excluding carboxylic acids is 3. The third-order valence-electron chi connectivity index (χ3n) is 4.12. The minimum atomic E-state index is -0.476. The first kappa shape index (κ1) is 22.0. The number of nitrogens with zero attached hydrogens (tertiary/aromatic N) is 3. The molecule has 0 saturated carbocycles. The zero-order valence-corrected chi connectivity index (χ0v) is 18.0. The van der Waals surface area contributed by atoms with Gasteiger partial charge in [-0.25, -0.2) is 4.79 Å². The molecule has 1 aromatic heterocycles. The van der Waals surface area contributed by atoms with Crippen molar-refractivity contribution in [2.24, 2.45) is 0 Å². The predicted octanol–water partition coefficient (Wildman–Crippen LogP) is 3.05. The summed E-state index contributed by atoms with van der Waals surface area (Å²) in [5.74, 6) is -0.165. The highest BCUT2D eigenvalue weighted by Crippen LogP contribution is 2.24. The van der Waals surface area contributed by atoms with Gasteiger partial charge in [0.1, 0.15) is 5.82 Å². The number of thioether (sulfide) groups is 1. The molecule has 0 aliphatic heterocycles. The molecule has 3 rings (SSSR count). The zero-order chi connectivity index (χ0) is 22.4. The number of aryl methyl sites for hydroxylation is 1. The van der Waals surface area contributed by atoms with Crippen LogP contribution in [-0.4, -0.2) is 45.4 Å². The number of esters is 1. The smallest absolute Gasteiger partial charge is 0.337 e. The number of hydrogen-bond acceptors (Lipinski definition) is 7. The summed E-state index contributed by atoms with van der Waals surface area (Å²) in [4.78, 5) is 35.4. The van der Waals surface area contributed by atoms with Gasteiger partial charge in [-0.1, -0.05) is 23.9 Å². The number of anilines is 2. The van der Waals surface area contributed by atoms with E-state index in [1.165, 1.54) is 25.8 Å². The molecule has 0 saturated heterocycles. The van der Waals surface area contributed by atoms with Gasteiger partial charge in [-0.2, -0.15) is 0 Å². The van der Waals surface area contributed by atoms with Gasteiger partial charge >= 0.3 is 5.97 Å². The van der Waals surface area contributed by atoms with E-state index in [1.807, 2.05) is 12.1 Å². The molecule has 31 heavy (non-hydrogen) atoms. The lowest BCUT2D eigenvalue weighted by Crippen LogP contribution is -2.15. The summed E-state index contributed by atoms with van der Waals surface area (Å²) in [5, 5.41) is 14.3. The van der Waals surface area contributed by atoms with Crippen LogP contribution in [0.25, 0.3) is 5.69 Å². The second-order valence-electron chi connectivity index (χ2n) is 6.51. The molecule has 9 nitrogen and oxygen atoms in total. The molecular weight excluding hydrogens is 418 g/mol. The Balaban J connectivity index is 1.70. The molecule has 0 aliphatic carbocycles. The molecule has 0 aliphatic rings. The molecule has 2 aromatic carbocycles. The second-order valence-corrected chi connectivity index (χ2v) is 7.45. The molecule has 160 valence electrons. The Morgan fingerprint density at radius 3 is 2.45 bits per heavy atom. The Labute approximate surface area is 183 Å². The summed E-state index contributed by atoms with van der Waals surface area (Å²) >= 11 is 1.22. The number of benzene rings is 2. The Morgan fingerprint density at radius 1 is 1.03 bits per heavy atom. The predicted molar refractivity (Wildman–Crippen MR) is 118 cm³/mol. The first-order chi connectivity index (χ1) is 14.9. The van der Waals surface area contributed by atoms with E-state index < -0.39 is 5.97 Å². The Kier molecular flexibility index (Phi) is 7.03. The van der Waals surface area contributed by atoms with Gasteiger partial charge in [0.05, 0.1) is 24.1 Å². The highest BCUT2D eigenvalue weighted by Gasteiger charge is 2.15. The number of methoxy groups -OCH3 is 1. The fourth-order valence-corrected chi connectivity index (χ4v) is 3.63. The third kappa shape index (κ3) is 5.70. The van der Waals surface area contributed by atoms with Crippen LogP contribution in [0, 0.1) is 6.92 Å². The van der Waals surface area contributed by atoms with E-state index in [-0.39, 0.29) is 17.6 Å². The van der Waals surface area contributed by atoms with Gasteiger partial charge in [-0.15, -0.1) is 10.2 Å². The average molecular weight is 439 g/mol. The van der Waals surface area contributed by atoms with Crippen LogP contribution < -0.4 is 10.6 Å². The minimum absolute atomic E-state index is 0.0893. The summed E-state index contributed by atoms with van der Waals surface area (Å²) in [6.45, 7) is 3.25. The quantitative estimate of drug-likeness (QED) is 0.429. The molecule has 10 heteroatoms. The van der Waals surface area contributed by atoms with Gasteiger partial charge in [0, 0.05) is 18.3 Å². The summed E-state index contributed by atoms with van der Waals surface area (Å²) < 4.78 is 6.50. The van der Waals surface area contributed by atoms with E-state index in [4.69, 9.17) is 4.74 Å². The topological polar surface area (TPSA) is 115 Å². The maximum Gasteiger partial charge on any atom is 0.337 e. The summed E-state index contributed by atoms with van der Waals surface area (Å²) in [5.41, 5.74) is 2.26. The van der Waals surface area contributed by atoms with Crippen molar-refractivity contribution in [1.29, 1.82) is 0 Å². The Morgan fingerprint density at radius 2 is 1.74 bits per heavy atom. The van der Waals surface area contributed by atoms with Gasteiger partial charge in [0.15, 0.2) is 5.16 Å². The molecule has 2 amide bonds. The van der Waals surface area contributed by atoms with Crippen molar-refractivity contribution in [2.75, 3.05) is 23.5 Å². The minimum Gasteiger partial charge on any atom is -0.465 e. The number of rotatable bonds is 7. The highest BCUT2D eigenvalue weighted by atomic mass is 32.2. The molecule has 0 unspecified atom stereocenters. The maximum atomic E-state index is 12.4. The number of nitrogens with one attached hydrogen (secondary N) is 2. The van der Waals surface area contributed by atoms with Crippen LogP contribution in [0.3, 0.4) is 0 Å². The van der Waals surface area contributed by atoms with E-state index in [9.17, 15) is 14.4 Å². The van der Waals surface area contributed by atoms with Crippen molar-refractivity contribution < 1.29 is 19.1 Å². The lowest BCUT2D eigenvalue weighted by molar-refractivity contribution is -0.114. The van der Waals surface area contributed by atoms with Gasteiger partial charge < -0.3 is 15.4 Å². The van der Waals surface area contributed by atoms with Crippen molar-refractivity contribution in [3.05, 3.63) is 59.9 Å². The fourth-order valence-electron chi connectivity index (χ4n) is 2.83. The monoisotopic (exact) mass is 439 g/mol. The highest BCUT2D eigenvalue weighted by molar-refractivity contribution is 7.99. The first-order valence-corrected chi connectivity index (χ1v) is 10.3. The Bertz CT molecular complexity index is 1130. The summed E-state index contributed by atoms with van der Waals surface area (Å²) in [7, 11) is 1.30. The largest absolute Gasteiger partial charge is 0.465 e. The van der Waals surface area contributed by atoms with E-state index in [1.54, 1.807) is 47.9 Å². The lowest BCUT2D eigenvalue weighted by Gasteiger charge is -2.11.